The summed E-state index contributed by atoms with van der Waals surface area (Å²) in [5, 5.41) is 0. The lowest BCUT2D eigenvalue weighted by atomic mass is 10.0. The molecule has 1 nitrogen and oxygen atoms in total. The van der Waals surface area contributed by atoms with Gasteiger partial charge in [0.15, 0.2) is 0 Å². The molecule has 0 heterocycles. The summed E-state index contributed by atoms with van der Waals surface area (Å²) in [6.45, 7) is -1.33. The van der Waals surface area contributed by atoms with E-state index in [0.29, 0.717) is 0 Å². The summed E-state index contributed by atoms with van der Waals surface area (Å²) in [6, 6.07) is 6.21. The quantitative estimate of drug-likeness (QED) is 0.733. The van der Waals surface area contributed by atoms with Gasteiger partial charge in [0, 0.05) is 0 Å². The third-order valence-corrected chi connectivity index (χ3v) is 2.45. The van der Waals surface area contributed by atoms with Gasteiger partial charge in [0.2, 0.25) is 0 Å². The Morgan fingerprint density at radius 1 is 0.714 bits per heavy atom. The van der Waals surface area contributed by atoms with E-state index in [1.807, 2.05) is 0 Å². The fourth-order valence-electron chi connectivity index (χ4n) is 1.34. The molecule has 0 bridgehead atoms. The summed E-state index contributed by atoms with van der Waals surface area (Å²) in [5.74, 6) is 0. The van der Waals surface area contributed by atoms with E-state index in [1.54, 1.807) is 0 Å². The molecule has 0 amide bonds. The van der Waals surface area contributed by atoms with E-state index in [-0.39, 0.29) is 5.56 Å². The van der Waals surface area contributed by atoms with Crippen LogP contribution in [0.5, 0.6) is 0 Å². The molecule has 0 spiro atoms. The predicted molar refractivity (Wildman–Crippen MR) is 52.1 cm³/mol. The maximum absolute atomic E-state index is 13.2. The molecule has 0 N–H and O–H groups in total. The molecule has 10 heteroatoms. The second-order valence-corrected chi connectivity index (χ2v) is 3.95. The lowest BCUT2D eigenvalue weighted by Gasteiger charge is -2.35. The third kappa shape index (κ3) is 3.25. The van der Waals surface area contributed by atoms with E-state index >= 15 is 0 Å². The standard InChI is InChI=1S/C11H7F9O/c12-8(9(13,14)15,10(16,17)18)11(19,20)21-6-7-4-2-1-3-5-7/h1-5H,6H2. The molecule has 1 aromatic carbocycles. The second-order valence-electron chi connectivity index (χ2n) is 3.95. The number of halogens is 9. The molecule has 0 aliphatic carbocycles. The van der Waals surface area contributed by atoms with Gasteiger partial charge in [0.1, 0.15) is 0 Å². The Hall–Kier alpha value is -1.45. The Balaban J connectivity index is 3.06. The summed E-state index contributed by atoms with van der Waals surface area (Å²) in [6.07, 6.45) is -19.9. The number of rotatable bonds is 4. The van der Waals surface area contributed by atoms with Crippen molar-refractivity contribution in [2.45, 2.75) is 30.7 Å². The Labute approximate surface area is 112 Å². The second kappa shape index (κ2) is 5.39. The monoisotopic (exact) mass is 326 g/mol. The molecule has 1 rings (SSSR count). The number of alkyl halides is 9. The van der Waals surface area contributed by atoms with Gasteiger partial charge in [-0.25, -0.2) is 4.39 Å². The van der Waals surface area contributed by atoms with Crippen molar-refractivity contribution in [2.24, 2.45) is 0 Å². The highest BCUT2D eigenvalue weighted by atomic mass is 19.4. The van der Waals surface area contributed by atoms with Crippen LogP contribution >= 0.6 is 0 Å². The van der Waals surface area contributed by atoms with Crippen molar-refractivity contribution in [3.63, 3.8) is 0 Å². The summed E-state index contributed by atoms with van der Waals surface area (Å²) < 4.78 is 116. The number of hydrogen-bond acceptors (Lipinski definition) is 1. The van der Waals surface area contributed by atoms with Gasteiger partial charge >= 0.3 is 24.1 Å². The van der Waals surface area contributed by atoms with E-state index in [2.05, 4.69) is 4.74 Å². The fraction of sp³-hybridized carbons (Fsp3) is 0.455. The highest BCUT2D eigenvalue weighted by molar-refractivity contribution is 5.13. The number of ether oxygens (including phenoxy) is 1. The third-order valence-electron chi connectivity index (χ3n) is 2.45. The van der Waals surface area contributed by atoms with E-state index < -0.39 is 30.7 Å². The Morgan fingerprint density at radius 2 is 1.14 bits per heavy atom. The van der Waals surface area contributed by atoms with Crippen molar-refractivity contribution in [3.8, 4) is 0 Å². The van der Waals surface area contributed by atoms with Crippen LogP contribution in [0.1, 0.15) is 5.56 Å². The zero-order valence-electron chi connectivity index (χ0n) is 9.90. The molecule has 0 saturated carbocycles. The van der Waals surface area contributed by atoms with Crippen LogP contribution in [0, 0.1) is 0 Å². The largest absolute Gasteiger partial charge is 0.440 e. The highest BCUT2D eigenvalue weighted by Gasteiger charge is 2.85. The van der Waals surface area contributed by atoms with Gasteiger partial charge in [0.05, 0.1) is 6.61 Å². The maximum atomic E-state index is 13.2. The fourth-order valence-corrected chi connectivity index (χ4v) is 1.34. The average molecular weight is 326 g/mol. The van der Waals surface area contributed by atoms with Crippen molar-refractivity contribution in [2.75, 3.05) is 0 Å². The summed E-state index contributed by atoms with van der Waals surface area (Å²) in [5.41, 5.74) is -6.95. The Bertz CT molecular complexity index is 449. The van der Waals surface area contributed by atoms with Crippen LogP contribution in [0.2, 0.25) is 0 Å². The molecule has 21 heavy (non-hydrogen) atoms. The molecule has 0 unspecified atom stereocenters. The van der Waals surface area contributed by atoms with E-state index in [0.717, 1.165) is 12.1 Å². The Morgan fingerprint density at radius 3 is 1.52 bits per heavy atom. The van der Waals surface area contributed by atoms with Gasteiger partial charge in [-0.1, -0.05) is 30.3 Å². The molecule has 0 aliphatic heterocycles. The van der Waals surface area contributed by atoms with Gasteiger partial charge in [-0.15, -0.1) is 0 Å². The first-order valence-corrected chi connectivity index (χ1v) is 5.21. The van der Waals surface area contributed by atoms with Gasteiger partial charge in [-0.2, -0.15) is 35.1 Å². The maximum Gasteiger partial charge on any atom is 0.440 e. The van der Waals surface area contributed by atoms with Gasteiger partial charge in [-0.05, 0) is 5.56 Å². The minimum atomic E-state index is -6.90. The van der Waals surface area contributed by atoms with Crippen LogP contribution in [0.15, 0.2) is 30.3 Å². The van der Waals surface area contributed by atoms with Crippen molar-refractivity contribution in [1.82, 2.24) is 0 Å². The Kier molecular flexibility index (Phi) is 4.52. The minimum Gasteiger partial charge on any atom is -0.313 e. The SMILES string of the molecule is FC(F)(F)C(F)(C(F)(F)F)C(F)(F)OCc1ccccc1. The van der Waals surface area contributed by atoms with Crippen molar-refractivity contribution >= 4 is 0 Å². The summed E-state index contributed by atoms with van der Waals surface area (Å²) >= 11 is 0. The van der Waals surface area contributed by atoms with Crippen LogP contribution < -0.4 is 0 Å². The highest BCUT2D eigenvalue weighted by Crippen LogP contribution is 2.55. The predicted octanol–water partition coefficient (Wildman–Crippen LogP) is 4.63. The van der Waals surface area contributed by atoms with Crippen molar-refractivity contribution < 1.29 is 44.3 Å². The van der Waals surface area contributed by atoms with Crippen LogP contribution in [0.3, 0.4) is 0 Å². The molecule has 120 valence electrons. The molecule has 0 fully saturated rings. The van der Waals surface area contributed by atoms with E-state index in [4.69, 9.17) is 0 Å². The molecule has 1 aromatic rings. The van der Waals surface area contributed by atoms with Crippen LogP contribution in [-0.4, -0.2) is 24.1 Å². The van der Waals surface area contributed by atoms with Crippen molar-refractivity contribution in [3.05, 3.63) is 35.9 Å². The van der Waals surface area contributed by atoms with Gasteiger partial charge in [-0.3, -0.25) is 0 Å². The average Bonchev–Trinajstić information content (AvgIpc) is 2.34. The molecule has 0 saturated heterocycles. The first-order valence-electron chi connectivity index (χ1n) is 5.21. The molecule has 0 atom stereocenters. The lowest BCUT2D eigenvalue weighted by molar-refractivity contribution is -0.451. The van der Waals surface area contributed by atoms with Crippen LogP contribution in [0.25, 0.3) is 0 Å². The number of benzene rings is 1. The summed E-state index contributed by atoms with van der Waals surface area (Å²) in [7, 11) is 0. The normalized spacial score (nSPS) is 14.3. The van der Waals surface area contributed by atoms with Crippen LogP contribution in [-0.2, 0) is 11.3 Å². The van der Waals surface area contributed by atoms with E-state index in [9.17, 15) is 39.5 Å². The first-order chi connectivity index (χ1) is 9.33. The van der Waals surface area contributed by atoms with Gasteiger partial charge < -0.3 is 4.74 Å². The zero-order chi connectivity index (χ0) is 16.5. The molecule has 0 aliphatic rings. The summed E-state index contributed by atoms with van der Waals surface area (Å²) in [4.78, 5) is 0. The molecule has 0 aromatic heterocycles. The topological polar surface area (TPSA) is 9.23 Å². The molecular weight excluding hydrogens is 319 g/mol. The smallest absolute Gasteiger partial charge is 0.313 e. The molecule has 0 radical (unpaired) electrons. The molecular formula is C11H7F9O. The number of hydrogen-bond donors (Lipinski definition) is 0. The van der Waals surface area contributed by atoms with Crippen LogP contribution in [0.4, 0.5) is 39.5 Å². The zero-order valence-corrected chi connectivity index (χ0v) is 9.90. The lowest BCUT2D eigenvalue weighted by Crippen LogP contribution is -2.65. The van der Waals surface area contributed by atoms with E-state index in [1.165, 1.54) is 18.2 Å². The first kappa shape index (κ1) is 17.6. The van der Waals surface area contributed by atoms with Gasteiger partial charge in [0.25, 0.3) is 0 Å². The van der Waals surface area contributed by atoms with Crippen molar-refractivity contribution in [1.29, 1.82) is 0 Å². The minimum absolute atomic E-state index is 0.149.